The Morgan fingerprint density at radius 2 is 0.667 bits per heavy atom. The van der Waals surface area contributed by atoms with Gasteiger partial charge in [0.2, 0.25) is 0 Å². The van der Waals surface area contributed by atoms with Gasteiger partial charge in [0, 0.05) is 0 Å². The summed E-state index contributed by atoms with van der Waals surface area (Å²) in [6, 6.07) is 0. The summed E-state index contributed by atoms with van der Waals surface area (Å²) in [6.07, 6.45) is 0. The SMILES string of the molecule is [Cl-].[Cl-].[Cl-].[Cl-].[Cl][Ru]([Cl])[Cl].[Ti+4]. The van der Waals surface area contributed by atoms with Crippen molar-refractivity contribution in [2.75, 3.05) is 0 Å². The fourth-order valence-electron chi connectivity index (χ4n) is 0. The first kappa shape index (κ1) is 39.4. The molecular weight excluding hydrogens is 397 g/mol. The van der Waals surface area contributed by atoms with E-state index in [1.807, 2.05) is 0 Å². The average molecular weight is 397 g/mol. The second-order valence-corrected chi connectivity index (χ2v) is 8.07. The molecule has 0 radical (unpaired) electrons. The molecule has 0 nitrogen and oxygen atoms in total. The van der Waals surface area contributed by atoms with Gasteiger partial charge >= 0.3 is 63.8 Å². The molecule has 9 heavy (non-hydrogen) atoms. The Bertz CT molecular complexity index is 13.6. The molecule has 0 saturated carbocycles. The van der Waals surface area contributed by atoms with Gasteiger partial charge in [-0.1, -0.05) is 0 Å². The third-order valence-electron chi connectivity index (χ3n) is 0. The van der Waals surface area contributed by atoms with Gasteiger partial charge in [-0.15, -0.1) is 0 Å². The molecular formula is Cl7RuTi. The van der Waals surface area contributed by atoms with E-state index in [1.165, 1.54) is 0 Å². The van der Waals surface area contributed by atoms with E-state index in [1.54, 1.807) is 0 Å². The maximum atomic E-state index is 4.95. The molecule has 0 aromatic heterocycles. The van der Waals surface area contributed by atoms with Gasteiger partial charge in [-0.3, -0.25) is 0 Å². The van der Waals surface area contributed by atoms with Gasteiger partial charge in [-0.25, -0.2) is 0 Å². The Hall–Kier alpha value is 3.37. The van der Waals surface area contributed by atoms with Crippen LogP contribution in [0.5, 0.6) is 0 Å². The molecule has 0 N–H and O–H groups in total. The van der Waals surface area contributed by atoms with Crippen LogP contribution in [0, 0.1) is 0 Å². The van der Waals surface area contributed by atoms with Crippen molar-refractivity contribution in [3.8, 4) is 0 Å². The third-order valence-corrected chi connectivity index (χ3v) is 0. The van der Waals surface area contributed by atoms with Gasteiger partial charge in [-0.2, -0.15) is 0 Å². The maximum absolute atomic E-state index is 4.95. The van der Waals surface area contributed by atoms with Crippen LogP contribution in [0.4, 0.5) is 0 Å². The normalized spacial score (nSPS) is 5.00. The van der Waals surface area contributed by atoms with E-state index < -0.39 is 13.0 Å². The number of rotatable bonds is 0. The van der Waals surface area contributed by atoms with E-state index in [2.05, 4.69) is 0 Å². The molecule has 0 bridgehead atoms. The Kier molecular flexibility index (Phi) is 132. The average Bonchev–Trinajstić information content (AvgIpc) is 0.811. The monoisotopic (exact) mass is 395 g/mol. The van der Waals surface area contributed by atoms with Crippen LogP contribution in [0.1, 0.15) is 0 Å². The second kappa shape index (κ2) is 30.1. The minimum absolute atomic E-state index is 0. The van der Waals surface area contributed by atoms with Gasteiger partial charge in [0.25, 0.3) is 0 Å². The van der Waals surface area contributed by atoms with Crippen molar-refractivity contribution in [3.63, 3.8) is 0 Å². The van der Waals surface area contributed by atoms with Crippen LogP contribution in [0.3, 0.4) is 0 Å². The van der Waals surface area contributed by atoms with Gasteiger partial charge in [0.1, 0.15) is 0 Å². The number of halogens is 7. The molecule has 0 aromatic rings. The standard InChI is InChI=1S/7ClH.Ru.Ti/h7*1H;;/q;;;;;;;+3;+4/p-7. The number of hydrogen-bond acceptors (Lipinski definition) is 0. The smallest absolute Gasteiger partial charge is 4.00 e. The molecule has 9 heteroatoms. The van der Waals surface area contributed by atoms with Crippen LogP contribution >= 0.6 is 29.1 Å². The zero-order valence-electron chi connectivity index (χ0n) is 3.50. The molecule has 0 aliphatic rings. The van der Waals surface area contributed by atoms with E-state index in [-0.39, 0.29) is 71.3 Å². The molecule has 0 atom stereocenters. The maximum Gasteiger partial charge on any atom is 4.00 e. The van der Waals surface area contributed by atoms with Crippen LogP contribution in [0.2, 0.25) is 0 Å². The molecule has 0 rings (SSSR count). The Labute approximate surface area is 112 Å². The van der Waals surface area contributed by atoms with Gasteiger partial charge in [0.15, 0.2) is 0 Å². The predicted molar refractivity (Wildman–Crippen MR) is 17.6 cm³/mol. The predicted octanol–water partition coefficient (Wildman–Crippen LogP) is -9.92. The molecule has 0 amide bonds. The summed E-state index contributed by atoms with van der Waals surface area (Å²) >= 11 is -1.75. The van der Waals surface area contributed by atoms with Crippen molar-refractivity contribution in [2.24, 2.45) is 0 Å². The van der Waals surface area contributed by atoms with E-state index in [0.29, 0.717) is 0 Å². The quantitative estimate of drug-likeness (QED) is 0.357. The Morgan fingerprint density at radius 1 is 0.667 bits per heavy atom. The van der Waals surface area contributed by atoms with Crippen molar-refractivity contribution >= 4 is 29.1 Å². The molecule has 0 heterocycles. The first-order valence-electron chi connectivity index (χ1n) is 0.401. The molecule has 0 spiro atoms. The third kappa shape index (κ3) is 88.0. The summed E-state index contributed by atoms with van der Waals surface area (Å²) in [5.74, 6) is 0. The largest absolute Gasteiger partial charge is 4.00 e. The van der Waals surface area contributed by atoms with Crippen molar-refractivity contribution in [2.45, 2.75) is 0 Å². The summed E-state index contributed by atoms with van der Waals surface area (Å²) < 4.78 is 0. The van der Waals surface area contributed by atoms with E-state index in [0.717, 1.165) is 0 Å². The van der Waals surface area contributed by atoms with Crippen LogP contribution in [0.15, 0.2) is 0 Å². The summed E-state index contributed by atoms with van der Waals surface area (Å²) in [5.41, 5.74) is 0. The first-order chi connectivity index (χ1) is 1.73. The zero-order valence-corrected chi connectivity index (χ0v) is 12.1. The summed E-state index contributed by atoms with van der Waals surface area (Å²) in [6.45, 7) is 0. The van der Waals surface area contributed by atoms with Crippen LogP contribution in [0.25, 0.3) is 0 Å². The molecule has 0 aliphatic heterocycles. The topological polar surface area (TPSA) is 0 Å². The molecule has 0 saturated heterocycles. The molecule has 61 valence electrons. The summed E-state index contributed by atoms with van der Waals surface area (Å²) in [7, 11) is 14.8. The first-order valence-corrected chi connectivity index (χ1v) is 7.12. The summed E-state index contributed by atoms with van der Waals surface area (Å²) in [4.78, 5) is 0. The van der Waals surface area contributed by atoms with Crippen molar-refractivity contribution in [1.29, 1.82) is 0 Å². The second-order valence-electron chi connectivity index (χ2n) is 0.152. The molecule has 0 fully saturated rings. The minimum atomic E-state index is -1.75. The van der Waals surface area contributed by atoms with E-state index in [9.17, 15) is 0 Å². The fraction of sp³-hybridized carbons (Fsp3) is 0. The Balaban J connectivity index is -0.00000000450. The summed E-state index contributed by atoms with van der Waals surface area (Å²) in [5, 5.41) is 0. The molecule has 0 aromatic carbocycles. The molecule has 0 aliphatic carbocycles. The molecule has 0 unspecified atom stereocenters. The van der Waals surface area contributed by atoms with Gasteiger partial charge in [-0.05, 0) is 0 Å². The fourth-order valence-corrected chi connectivity index (χ4v) is 0. The van der Waals surface area contributed by atoms with Crippen molar-refractivity contribution < 1.29 is 84.3 Å². The van der Waals surface area contributed by atoms with Gasteiger partial charge < -0.3 is 49.6 Å². The van der Waals surface area contributed by atoms with Gasteiger partial charge in [0.05, 0.1) is 0 Å². The zero-order chi connectivity index (χ0) is 3.58. The minimum Gasteiger partial charge on any atom is 4.00 e. The van der Waals surface area contributed by atoms with Crippen LogP contribution in [-0.2, 0) is 34.7 Å². The van der Waals surface area contributed by atoms with Crippen molar-refractivity contribution in [1.82, 2.24) is 0 Å². The van der Waals surface area contributed by atoms with Crippen LogP contribution in [-0.4, -0.2) is 0 Å². The van der Waals surface area contributed by atoms with E-state index in [4.69, 9.17) is 29.1 Å². The Morgan fingerprint density at radius 3 is 0.667 bits per heavy atom. The van der Waals surface area contributed by atoms with E-state index >= 15 is 0 Å². The number of hydrogen-bond donors (Lipinski definition) is 0. The van der Waals surface area contributed by atoms with Crippen molar-refractivity contribution in [3.05, 3.63) is 0 Å². The van der Waals surface area contributed by atoms with Crippen LogP contribution < -0.4 is 49.6 Å².